The molecule has 1 saturated heterocycles. The summed E-state index contributed by atoms with van der Waals surface area (Å²) in [4.78, 5) is 12.2. The van der Waals surface area contributed by atoms with Gasteiger partial charge in [-0.1, -0.05) is 0 Å². The van der Waals surface area contributed by atoms with Gasteiger partial charge < -0.3 is 15.4 Å². The Morgan fingerprint density at radius 2 is 2.22 bits per heavy atom. The number of hydrogen-bond donors (Lipinski definition) is 2. The van der Waals surface area contributed by atoms with Gasteiger partial charge in [0.15, 0.2) is 0 Å². The van der Waals surface area contributed by atoms with E-state index in [1.807, 2.05) is 39.1 Å². The van der Waals surface area contributed by atoms with E-state index in [-0.39, 0.29) is 11.4 Å². The highest BCUT2D eigenvalue weighted by Crippen LogP contribution is 2.20. The van der Waals surface area contributed by atoms with E-state index in [4.69, 9.17) is 4.74 Å². The summed E-state index contributed by atoms with van der Waals surface area (Å²) >= 11 is 0. The summed E-state index contributed by atoms with van der Waals surface area (Å²) in [6.07, 6.45) is 0.867. The van der Waals surface area contributed by atoms with Crippen LogP contribution in [0.25, 0.3) is 0 Å². The first-order valence-electron chi connectivity index (χ1n) is 6.23. The Bertz CT molecular complexity index is 451. The maximum atomic E-state index is 12.2. The topological polar surface area (TPSA) is 50.4 Å². The average molecular weight is 248 g/mol. The molecule has 1 amide bonds. The Labute approximate surface area is 108 Å². The van der Waals surface area contributed by atoms with E-state index in [1.165, 1.54) is 0 Å². The van der Waals surface area contributed by atoms with Gasteiger partial charge in [-0.15, -0.1) is 0 Å². The third-order valence-electron chi connectivity index (χ3n) is 3.39. The molecule has 1 aromatic rings. The Hall–Kier alpha value is -1.55. The fourth-order valence-corrected chi connectivity index (χ4v) is 2.20. The second-order valence-corrected chi connectivity index (χ2v) is 5.10. The quantitative estimate of drug-likeness (QED) is 0.859. The lowest BCUT2D eigenvalue weighted by atomic mass is 10.0. The maximum absolute atomic E-state index is 12.2. The number of ether oxygens (including phenoxy) is 1. The molecular weight excluding hydrogens is 228 g/mol. The molecule has 1 atom stereocenters. The highest BCUT2D eigenvalue weighted by Gasteiger charge is 2.31. The second kappa shape index (κ2) is 4.98. The Balaban J connectivity index is 2.11. The van der Waals surface area contributed by atoms with Crippen LogP contribution in [0.5, 0.6) is 0 Å². The van der Waals surface area contributed by atoms with Gasteiger partial charge in [-0.3, -0.25) is 4.79 Å². The van der Waals surface area contributed by atoms with Crippen molar-refractivity contribution in [2.75, 3.05) is 25.6 Å². The van der Waals surface area contributed by atoms with Crippen LogP contribution in [0, 0.1) is 6.92 Å². The summed E-state index contributed by atoms with van der Waals surface area (Å²) in [6.45, 7) is 5.32. The average Bonchev–Trinajstić information content (AvgIpc) is 2.75. The van der Waals surface area contributed by atoms with Gasteiger partial charge in [0.25, 0.3) is 5.91 Å². The highest BCUT2D eigenvalue weighted by atomic mass is 16.5. The van der Waals surface area contributed by atoms with Gasteiger partial charge in [0.2, 0.25) is 0 Å². The Kier molecular flexibility index (Phi) is 3.57. The third-order valence-corrected chi connectivity index (χ3v) is 3.39. The van der Waals surface area contributed by atoms with Gasteiger partial charge in [-0.2, -0.15) is 0 Å². The van der Waals surface area contributed by atoms with E-state index in [0.717, 1.165) is 17.7 Å². The number of carbonyl (C=O) groups is 1. The lowest BCUT2D eigenvalue weighted by Gasteiger charge is -2.23. The zero-order valence-electron chi connectivity index (χ0n) is 11.2. The van der Waals surface area contributed by atoms with Crippen molar-refractivity contribution < 1.29 is 9.53 Å². The van der Waals surface area contributed by atoms with Crippen molar-refractivity contribution in [3.8, 4) is 0 Å². The normalized spacial score (nSPS) is 22.8. The number of hydrogen-bond acceptors (Lipinski definition) is 3. The van der Waals surface area contributed by atoms with Crippen LogP contribution < -0.4 is 10.6 Å². The number of nitrogens with one attached hydrogen (secondary N) is 2. The molecule has 2 N–H and O–H groups in total. The van der Waals surface area contributed by atoms with Crippen molar-refractivity contribution in [2.45, 2.75) is 25.8 Å². The van der Waals surface area contributed by atoms with Gasteiger partial charge in [0, 0.05) is 24.9 Å². The van der Waals surface area contributed by atoms with Crippen molar-refractivity contribution in [2.24, 2.45) is 0 Å². The van der Waals surface area contributed by atoms with Crippen LogP contribution in [0.15, 0.2) is 18.2 Å². The molecule has 0 bridgehead atoms. The van der Waals surface area contributed by atoms with E-state index in [2.05, 4.69) is 10.6 Å². The molecule has 1 heterocycles. The van der Waals surface area contributed by atoms with Crippen LogP contribution in [0.1, 0.15) is 29.3 Å². The van der Waals surface area contributed by atoms with Gasteiger partial charge >= 0.3 is 0 Å². The monoisotopic (exact) mass is 248 g/mol. The molecule has 1 aliphatic heterocycles. The van der Waals surface area contributed by atoms with Crippen molar-refractivity contribution >= 4 is 11.6 Å². The van der Waals surface area contributed by atoms with Crippen LogP contribution in [0.2, 0.25) is 0 Å². The summed E-state index contributed by atoms with van der Waals surface area (Å²) in [6, 6.07) is 5.67. The van der Waals surface area contributed by atoms with Crippen molar-refractivity contribution in [3.63, 3.8) is 0 Å². The molecule has 0 spiro atoms. The lowest BCUT2D eigenvalue weighted by molar-refractivity contribution is 0.0890. The summed E-state index contributed by atoms with van der Waals surface area (Å²) in [5, 5.41) is 6.14. The molecule has 4 nitrogen and oxygen atoms in total. The summed E-state index contributed by atoms with van der Waals surface area (Å²) < 4.78 is 5.33. The van der Waals surface area contributed by atoms with E-state index < -0.39 is 0 Å². The molecule has 0 saturated carbocycles. The number of anilines is 1. The van der Waals surface area contributed by atoms with Gasteiger partial charge in [-0.25, -0.2) is 0 Å². The molecule has 0 aliphatic carbocycles. The number of benzene rings is 1. The number of amides is 1. The molecule has 1 unspecified atom stereocenters. The predicted octanol–water partition coefficient (Wildman–Crippen LogP) is 1.95. The lowest BCUT2D eigenvalue weighted by Crippen LogP contribution is -2.46. The largest absolute Gasteiger partial charge is 0.388 e. The zero-order valence-corrected chi connectivity index (χ0v) is 11.2. The summed E-state index contributed by atoms with van der Waals surface area (Å²) in [5.41, 5.74) is 2.58. The molecule has 2 rings (SSSR count). The minimum Gasteiger partial charge on any atom is -0.388 e. The second-order valence-electron chi connectivity index (χ2n) is 5.10. The van der Waals surface area contributed by atoms with E-state index >= 15 is 0 Å². The Morgan fingerprint density at radius 1 is 1.44 bits per heavy atom. The number of aryl methyl sites for hydroxylation is 1. The summed E-state index contributed by atoms with van der Waals surface area (Å²) in [7, 11) is 1.87. The fraction of sp³-hybridized carbons (Fsp3) is 0.500. The van der Waals surface area contributed by atoms with Crippen LogP contribution in [-0.4, -0.2) is 31.7 Å². The molecule has 4 heteroatoms. The predicted molar refractivity (Wildman–Crippen MR) is 72.0 cm³/mol. The van der Waals surface area contributed by atoms with Crippen molar-refractivity contribution in [3.05, 3.63) is 29.3 Å². The molecule has 98 valence electrons. The van der Waals surface area contributed by atoms with Crippen molar-refractivity contribution in [1.29, 1.82) is 0 Å². The van der Waals surface area contributed by atoms with Crippen LogP contribution in [0.4, 0.5) is 5.69 Å². The molecule has 1 aliphatic rings. The molecule has 0 aromatic heterocycles. The van der Waals surface area contributed by atoms with E-state index in [0.29, 0.717) is 18.8 Å². The highest BCUT2D eigenvalue weighted by molar-refractivity contribution is 5.95. The van der Waals surface area contributed by atoms with Gasteiger partial charge in [0.05, 0.1) is 12.1 Å². The minimum atomic E-state index is -0.229. The number of carbonyl (C=O) groups excluding carboxylic acids is 1. The SMILES string of the molecule is CNc1ccc(C(=O)NC2(C)CCOC2)cc1C. The van der Waals surface area contributed by atoms with Gasteiger partial charge in [-0.05, 0) is 44.0 Å². The fourth-order valence-electron chi connectivity index (χ4n) is 2.20. The van der Waals surface area contributed by atoms with Crippen molar-refractivity contribution in [1.82, 2.24) is 5.32 Å². The molecule has 1 fully saturated rings. The first-order valence-corrected chi connectivity index (χ1v) is 6.23. The maximum Gasteiger partial charge on any atom is 0.251 e. The molecule has 0 radical (unpaired) electrons. The third kappa shape index (κ3) is 2.64. The minimum absolute atomic E-state index is 0.0336. The standard InChI is InChI=1S/C14H20N2O2/c1-10-8-11(4-5-12(10)15-3)13(17)16-14(2)6-7-18-9-14/h4-5,8,15H,6-7,9H2,1-3H3,(H,16,17). The zero-order chi connectivity index (χ0) is 13.2. The van der Waals surface area contributed by atoms with E-state index in [9.17, 15) is 4.79 Å². The first-order chi connectivity index (χ1) is 8.54. The summed E-state index contributed by atoms with van der Waals surface area (Å²) in [5.74, 6) is -0.0336. The van der Waals surface area contributed by atoms with Gasteiger partial charge in [0.1, 0.15) is 0 Å². The first kappa shape index (κ1) is 12.9. The number of rotatable bonds is 3. The van der Waals surface area contributed by atoms with Crippen LogP contribution >= 0.6 is 0 Å². The molecule has 18 heavy (non-hydrogen) atoms. The smallest absolute Gasteiger partial charge is 0.251 e. The van der Waals surface area contributed by atoms with Crippen LogP contribution in [0.3, 0.4) is 0 Å². The Morgan fingerprint density at radius 3 is 2.78 bits per heavy atom. The molecular formula is C14H20N2O2. The van der Waals surface area contributed by atoms with Crippen LogP contribution in [-0.2, 0) is 4.74 Å². The molecule has 1 aromatic carbocycles. The van der Waals surface area contributed by atoms with E-state index in [1.54, 1.807) is 0 Å².